The average Bonchev–Trinajstić information content (AvgIpc) is 2.56. The van der Waals surface area contributed by atoms with Gasteiger partial charge in [-0.05, 0) is 42.6 Å². The predicted octanol–water partition coefficient (Wildman–Crippen LogP) is 1.03. The zero-order valence-corrected chi connectivity index (χ0v) is 11.9. The molecule has 5 heteroatoms. The van der Waals surface area contributed by atoms with Crippen molar-refractivity contribution < 1.29 is 4.79 Å². The Balaban J connectivity index is 1.58. The summed E-state index contributed by atoms with van der Waals surface area (Å²) in [4.78, 5) is 16.7. The minimum absolute atomic E-state index is 0.0849. The van der Waals surface area contributed by atoms with Gasteiger partial charge in [-0.3, -0.25) is 9.69 Å². The normalized spacial score (nSPS) is 22.1. The molecule has 0 spiro atoms. The molecule has 1 fully saturated rings. The van der Waals surface area contributed by atoms with Crippen LogP contribution in [0.15, 0.2) is 48.7 Å². The van der Waals surface area contributed by atoms with E-state index in [4.69, 9.17) is 5.73 Å². The second kappa shape index (κ2) is 6.01. The molecule has 2 heterocycles. The van der Waals surface area contributed by atoms with Crippen molar-refractivity contribution in [3.63, 3.8) is 0 Å². The molecule has 0 bridgehead atoms. The highest BCUT2D eigenvalue weighted by Crippen LogP contribution is 2.13. The number of carbonyl (C=O) groups is 1. The van der Waals surface area contributed by atoms with Crippen molar-refractivity contribution in [2.24, 2.45) is 0 Å². The van der Waals surface area contributed by atoms with Crippen LogP contribution in [0.1, 0.15) is 10.4 Å². The molecule has 2 aliphatic rings. The first-order valence-electron chi connectivity index (χ1n) is 7.22. The number of rotatable bonds is 2. The summed E-state index contributed by atoms with van der Waals surface area (Å²) >= 11 is 0. The van der Waals surface area contributed by atoms with Crippen molar-refractivity contribution in [3.05, 3.63) is 54.3 Å². The van der Waals surface area contributed by atoms with Crippen LogP contribution in [0.2, 0.25) is 0 Å². The fourth-order valence-electron chi connectivity index (χ4n) is 2.67. The van der Waals surface area contributed by atoms with Gasteiger partial charge in [0.2, 0.25) is 0 Å². The Kier molecular flexibility index (Phi) is 3.92. The summed E-state index contributed by atoms with van der Waals surface area (Å²) in [6.45, 7) is 3.24. The SMILES string of the molecule is Nc1ccc(C(=O)N2CCN(C3C=CC=CN3)CC2)cc1. The number of hydrogen-bond donors (Lipinski definition) is 2. The number of nitrogens with one attached hydrogen (secondary N) is 1. The van der Waals surface area contributed by atoms with Gasteiger partial charge in [0.25, 0.3) is 5.91 Å². The van der Waals surface area contributed by atoms with E-state index in [2.05, 4.69) is 16.3 Å². The summed E-state index contributed by atoms with van der Waals surface area (Å²) in [5, 5.41) is 3.31. The number of dihydropyridines is 1. The Morgan fingerprint density at radius 3 is 2.43 bits per heavy atom. The van der Waals surface area contributed by atoms with Crippen LogP contribution in [0, 0.1) is 0 Å². The lowest BCUT2D eigenvalue weighted by Gasteiger charge is -2.38. The quantitative estimate of drug-likeness (QED) is 0.796. The van der Waals surface area contributed by atoms with Crippen molar-refractivity contribution in [2.45, 2.75) is 6.17 Å². The van der Waals surface area contributed by atoms with E-state index >= 15 is 0 Å². The molecular weight excluding hydrogens is 264 g/mol. The van der Waals surface area contributed by atoms with E-state index in [0.717, 1.165) is 26.2 Å². The summed E-state index contributed by atoms with van der Waals surface area (Å²) in [6.07, 6.45) is 8.36. The molecule has 1 amide bonds. The third-order valence-electron chi connectivity index (χ3n) is 3.92. The molecule has 2 aliphatic heterocycles. The molecule has 1 unspecified atom stereocenters. The highest BCUT2D eigenvalue weighted by atomic mass is 16.2. The Hall–Kier alpha value is -2.27. The number of benzene rings is 1. The third kappa shape index (κ3) is 3.08. The van der Waals surface area contributed by atoms with E-state index in [-0.39, 0.29) is 12.1 Å². The number of hydrogen-bond acceptors (Lipinski definition) is 4. The first-order valence-corrected chi connectivity index (χ1v) is 7.22. The first kappa shape index (κ1) is 13.7. The van der Waals surface area contributed by atoms with Crippen molar-refractivity contribution in [3.8, 4) is 0 Å². The van der Waals surface area contributed by atoms with Gasteiger partial charge in [-0.15, -0.1) is 0 Å². The van der Waals surface area contributed by atoms with E-state index in [1.54, 1.807) is 24.3 Å². The minimum atomic E-state index is 0.0849. The molecule has 21 heavy (non-hydrogen) atoms. The lowest BCUT2D eigenvalue weighted by Crippen LogP contribution is -2.54. The smallest absolute Gasteiger partial charge is 0.253 e. The van der Waals surface area contributed by atoms with Gasteiger partial charge < -0.3 is 16.0 Å². The van der Waals surface area contributed by atoms with Crippen LogP contribution in [-0.2, 0) is 0 Å². The van der Waals surface area contributed by atoms with Crippen molar-refractivity contribution >= 4 is 11.6 Å². The maximum absolute atomic E-state index is 12.4. The molecule has 1 aromatic carbocycles. The molecule has 5 nitrogen and oxygen atoms in total. The highest BCUT2D eigenvalue weighted by molar-refractivity contribution is 5.94. The number of anilines is 1. The Morgan fingerprint density at radius 2 is 1.81 bits per heavy atom. The van der Waals surface area contributed by atoms with Crippen molar-refractivity contribution in [2.75, 3.05) is 31.9 Å². The molecule has 0 aliphatic carbocycles. The second-order valence-electron chi connectivity index (χ2n) is 5.31. The fraction of sp³-hybridized carbons (Fsp3) is 0.312. The zero-order valence-electron chi connectivity index (χ0n) is 11.9. The standard InChI is InChI=1S/C16H20N4O/c17-14-6-4-13(5-7-14)16(21)20-11-9-19(10-12-20)15-3-1-2-8-18-15/h1-8,15,18H,9-12,17H2. The molecule has 1 saturated heterocycles. The Morgan fingerprint density at radius 1 is 1.10 bits per heavy atom. The lowest BCUT2D eigenvalue weighted by molar-refractivity contribution is 0.0588. The molecule has 110 valence electrons. The van der Waals surface area contributed by atoms with E-state index in [0.29, 0.717) is 11.3 Å². The number of allylic oxidation sites excluding steroid dienone is 2. The van der Waals surface area contributed by atoms with Gasteiger partial charge >= 0.3 is 0 Å². The lowest BCUT2D eigenvalue weighted by atomic mass is 10.1. The first-order chi connectivity index (χ1) is 10.2. The molecule has 0 saturated carbocycles. The van der Waals surface area contributed by atoms with Gasteiger partial charge in [0, 0.05) is 37.4 Å². The molecule has 3 N–H and O–H groups in total. The Labute approximate surface area is 124 Å². The average molecular weight is 284 g/mol. The molecule has 1 aromatic rings. The van der Waals surface area contributed by atoms with Gasteiger partial charge in [0.15, 0.2) is 0 Å². The van der Waals surface area contributed by atoms with Crippen LogP contribution in [0.3, 0.4) is 0 Å². The van der Waals surface area contributed by atoms with Crippen LogP contribution >= 0.6 is 0 Å². The molecule has 0 aromatic heterocycles. The number of piperazine rings is 1. The number of nitrogens with zero attached hydrogens (tertiary/aromatic N) is 2. The number of nitrogen functional groups attached to an aromatic ring is 1. The van der Waals surface area contributed by atoms with Crippen molar-refractivity contribution in [1.82, 2.24) is 15.1 Å². The number of amides is 1. The monoisotopic (exact) mass is 284 g/mol. The summed E-state index contributed by atoms with van der Waals surface area (Å²) in [5.74, 6) is 0.0849. The van der Waals surface area contributed by atoms with Gasteiger partial charge in [0.05, 0.1) is 6.17 Å². The summed E-state index contributed by atoms with van der Waals surface area (Å²) in [5.41, 5.74) is 7.04. The topological polar surface area (TPSA) is 61.6 Å². The van der Waals surface area contributed by atoms with Crippen LogP contribution in [0.25, 0.3) is 0 Å². The van der Waals surface area contributed by atoms with E-state index < -0.39 is 0 Å². The van der Waals surface area contributed by atoms with Crippen molar-refractivity contribution in [1.29, 1.82) is 0 Å². The maximum atomic E-state index is 12.4. The van der Waals surface area contributed by atoms with Crippen LogP contribution in [0.4, 0.5) is 5.69 Å². The second-order valence-corrected chi connectivity index (χ2v) is 5.31. The number of nitrogens with two attached hydrogens (primary N) is 1. The molecule has 0 radical (unpaired) electrons. The number of carbonyl (C=O) groups excluding carboxylic acids is 1. The van der Waals surface area contributed by atoms with Gasteiger partial charge in [-0.25, -0.2) is 0 Å². The molecular formula is C16H20N4O. The van der Waals surface area contributed by atoms with Crippen LogP contribution in [0.5, 0.6) is 0 Å². The molecule has 1 atom stereocenters. The summed E-state index contributed by atoms with van der Waals surface area (Å²) in [7, 11) is 0. The van der Waals surface area contributed by atoms with Gasteiger partial charge in [-0.2, -0.15) is 0 Å². The highest BCUT2D eigenvalue weighted by Gasteiger charge is 2.25. The maximum Gasteiger partial charge on any atom is 0.253 e. The fourth-order valence-corrected chi connectivity index (χ4v) is 2.67. The van der Waals surface area contributed by atoms with E-state index in [1.807, 2.05) is 23.3 Å². The predicted molar refractivity (Wildman–Crippen MR) is 83.5 cm³/mol. The largest absolute Gasteiger partial charge is 0.399 e. The summed E-state index contributed by atoms with van der Waals surface area (Å²) in [6, 6.07) is 7.12. The Bertz CT molecular complexity index is 556. The summed E-state index contributed by atoms with van der Waals surface area (Å²) < 4.78 is 0. The van der Waals surface area contributed by atoms with Crippen LogP contribution < -0.4 is 11.1 Å². The van der Waals surface area contributed by atoms with E-state index in [1.165, 1.54) is 0 Å². The minimum Gasteiger partial charge on any atom is -0.399 e. The van der Waals surface area contributed by atoms with E-state index in [9.17, 15) is 4.79 Å². The third-order valence-corrected chi connectivity index (χ3v) is 3.92. The molecule has 3 rings (SSSR count). The van der Waals surface area contributed by atoms with Gasteiger partial charge in [0.1, 0.15) is 0 Å². The zero-order chi connectivity index (χ0) is 14.7. The van der Waals surface area contributed by atoms with Crippen LogP contribution in [-0.4, -0.2) is 48.1 Å². The van der Waals surface area contributed by atoms with Gasteiger partial charge in [-0.1, -0.05) is 6.08 Å².